The van der Waals surface area contributed by atoms with Crippen molar-refractivity contribution in [3.63, 3.8) is 0 Å². The van der Waals surface area contributed by atoms with Gasteiger partial charge in [0.05, 0.1) is 11.7 Å². The minimum atomic E-state index is -0.247. The average molecular weight is 343 g/mol. The van der Waals surface area contributed by atoms with Crippen molar-refractivity contribution in [3.8, 4) is 0 Å². The molecule has 1 saturated carbocycles. The highest BCUT2D eigenvalue weighted by Gasteiger charge is 2.35. The molecule has 1 aliphatic rings. The average Bonchev–Trinajstić information content (AvgIpc) is 2.98. The van der Waals surface area contributed by atoms with Crippen LogP contribution in [0.4, 0.5) is 0 Å². The molecule has 1 fully saturated rings. The molecule has 0 radical (unpaired) electrons. The molecule has 0 bridgehead atoms. The Balaban J connectivity index is 1.78. The lowest BCUT2D eigenvalue weighted by Crippen LogP contribution is -2.50. The van der Waals surface area contributed by atoms with Gasteiger partial charge in [-0.1, -0.05) is 0 Å². The van der Waals surface area contributed by atoms with E-state index in [0.29, 0.717) is 17.6 Å². The topological polar surface area (TPSA) is 55.6 Å². The van der Waals surface area contributed by atoms with Crippen LogP contribution in [0, 0.1) is 19.8 Å². The molecule has 2 heterocycles. The molecule has 1 aliphatic carbocycles. The molecule has 1 N–H and O–H groups in total. The van der Waals surface area contributed by atoms with Crippen molar-refractivity contribution < 1.29 is 9.53 Å². The van der Waals surface area contributed by atoms with Gasteiger partial charge in [0.15, 0.2) is 0 Å². The first-order valence-corrected chi connectivity index (χ1v) is 9.12. The number of hydrogen-bond acceptors (Lipinski definition) is 3. The number of fused-ring (bicyclic) bond motifs is 1. The van der Waals surface area contributed by atoms with E-state index in [1.165, 1.54) is 0 Å². The van der Waals surface area contributed by atoms with Crippen LogP contribution in [0.15, 0.2) is 18.3 Å². The third-order valence-electron chi connectivity index (χ3n) is 5.65. The van der Waals surface area contributed by atoms with Gasteiger partial charge in [0.2, 0.25) is 0 Å². The quantitative estimate of drug-likeness (QED) is 0.921. The SMILES string of the molecule is COC1CCC(C(C)(C)NC(=O)c2ccn3c(C)cc(C)nc23)CC1. The van der Waals surface area contributed by atoms with Gasteiger partial charge in [-0.2, -0.15) is 0 Å². The number of nitrogens with zero attached hydrogens (tertiary/aromatic N) is 2. The van der Waals surface area contributed by atoms with E-state index in [9.17, 15) is 4.79 Å². The fraction of sp³-hybridized carbons (Fsp3) is 0.600. The van der Waals surface area contributed by atoms with Gasteiger partial charge >= 0.3 is 0 Å². The third kappa shape index (κ3) is 3.56. The highest BCUT2D eigenvalue weighted by molar-refractivity contribution is 6.00. The maximum absolute atomic E-state index is 12.9. The summed E-state index contributed by atoms with van der Waals surface area (Å²) >= 11 is 0. The molecule has 5 nitrogen and oxygen atoms in total. The first-order valence-electron chi connectivity index (χ1n) is 9.12. The predicted octanol–water partition coefficient (Wildman–Crippen LogP) is 3.66. The van der Waals surface area contributed by atoms with Crippen LogP contribution >= 0.6 is 0 Å². The molecule has 0 spiro atoms. The zero-order valence-electron chi connectivity index (χ0n) is 15.9. The van der Waals surface area contributed by atoms with E-state index >= 15 is 0 Å². The molecule has 25 heavy (non-hydrogen) atoms. The Kier molecular flexibility index (Phi) is 4.87. The molecule has 2 aromatic rings. The number of ether oxygens (including phenoxy) is 1. The molecule has 0 atom stereocenters. The Morgan fingerprint density at radius 1 is 1.28 bits per heavy atom. The summed E-state index contributed by atoms with van der Waals surface area (Å²) in [6.45, 7) is 8.25. The maximum atomic E-state index is 12.9. The lowest BCUT2D eigenvalue weighted by Gasteiger charge is -2.39. The third-order valence-corrected chi connectivity index (χ3v) is 5.65. The van der Waals surface area contributed by atoms with Crippen LogP contribution in [0.2, 0.25) is 0 Å². The fourth-order valence-electron chi connectivity index (χ4n) is 4.05. The number of carbonyl (C=O) groups is 1. The number of aromatic nitrogens is 2. The standard InChI is InChI=1S/C20H29N3O2/c1-13-12-14(2)23-11-10-17(18(23)21-13)19(24)22-20(3,4)15-6-8-16(25-5)9-7-15/h10-12,15-16H,6-9H2,1-5H3,(H,22,24). The number of hydrogen-bond donors (Lipinski definition) is 1. The van der Waals surface area contributed by atoms with E-state index in [0.717, 1.165) is 42.7 Å². The molecular formula is C20H29N3O2. The summed E-state index contributed by atoms with van der Waals surface area (Å²) in [6.07, 6.45) is 6.58. The monoisotopic (exact) mass is 343 g/mol. The van der Waals surface area contributed by atoms with Gasteiger partial charge < -0.3 is 14.5 Å². The van der Waals surface area contributed by atoms with Crippen LogP contribution in [-0.4, -0.2) is 34.0 Å². The Hall–Kier alpha value is -1.88. The second-order valence-electron chi connectivity index (χ2n) is 7.85. The van der Waals surface area contributed by atoms with Gasteiger partial charge in [0.25, 0.3) is 5.91 Å². The van der Waals surface area contributed by atoms with Crippen molar-refractivity contribution in [2.24, 2.45) is 5.92 Å². The Labute approximate surface area is 149 Å². The van der Waals surface area contributed by atoms with Gasteiger partial charge in [-0.25, -0.2) is 4.98 Å². The molecule has 2 aromatic heterocycles. The summed E-state index contributed by atoms with van der Waals surface area (Å²) in [6, 6.07) is 3.88. The van der Waals surface area contributed by atoms with Crippen molar-refractivity contribution in [3.05, 3.63) is 35.3 Å². The van der Waals surface area contributed by atoms with E-state index < -0.39 is 0 Å². The molecule has 136 valence electrons. The molecule has 0 saturated heterocycles. The lowest BCUT2D eigenvalue weighted by molar-refractivity contribution is 0.0397. The second kappa shape index (κ2) is 6.79. The molecule has 5 heteroatoms. The zero-order chi connectivity index (χ0) is 18.2. The van der Waals surface area contributed by atoms with Gasteiger partial charge in [-0.3, -0.25) is 4.79 Å². The number of rotatable bonds is 4. The van der Waals surface area contributed by atoms with Crippen molar-refractivity contribution in [1.82, 2.24) is 14.7 Å². The minimum Gasteiger partial charge on any atom is -0.381 e. The summed E-state index contributed by atoms with van der Waals surface area (Å²) in [5.74, 6) is 0.423. The van der Waals surface area contributed by atoms with Crippen molar-refractivity contribution in [1.29, 1.82) is 0 Å². The normalized spacial score (nSPS) is 21.5. The lowest BCUT2D eigenvalue weighted by atomic mass is 9.75. The number of methoxy groups -OCH3 is 1. The molecule has 3 rings (SSSR count). The van der Waals surface area contributed by atoms with E-state index in [2.05, 4.69) is 24.1 Å². The van der Waals surface area contributed by atoms with Crippen LogP contribution in [0.5, 0.6) is 0 Å². The van der Waals surface area contributed by atoms with Gasteiger partial charge in [-0.05, 0) is 71.4 Å². The van der Waals surface area contributed by atoms with Gasteiger partial charge in [0.1, 0.15) is 5.65 Å². The van der Waals surface area contributed by atoms with Gasteiger partial charge in [0, 0.05) is 30.2 Å². The van der Waals surface area contributed by atoms with Crippen LogP contribution in [0.3, 0.4) is 0 Å². The summed E-state index contributed by atoms with van der Waals surface area (Å²) in [5, 5.41) is 3.26. The van der Waals surface area contributed by atoms with Crippen molar-refractivity contribution >= 4 is 11.6 Å². The summed E-state index contributed by atoms with van der Waals surface area (Å²) in [4.78, 5) is 17.5. The van der Waals surface area contributed by atoms with Crippen LogP contribution in [-0.2, 0) is 4.74 Å². The largest absolute Gasteiger partial charge is 0.381 e. The van der Waals surface area contributed by atoms with Crippen LogP contribution < -0.4 is 5.32 Å². The van der Waals surface area contributed by atoms with Crippen molar-refractivity contribution in [2.75, 3.05) is 7.11 Å². The molecule has 1 amide bonds. The summed E-state index contributed by atoms with van der Waals surface area (Å²) < 4.78 is 7.44. The molecule has 0 unspecified atom stereocenters. The van der Waals surface area contributed by atoms with E-state index in [1.807, 2.05) is 36.6 Å². The first kappa shape index (κ1) is 17.9. The summed E-state index contributed by atoms with van der Waals surface area (Å²) in [5.41, 5.74) is 3.14. The number of aryl methyl sites for hydroxylation is 2. The number of nitrogens with one attached hydrogen (secondary N) is 1. The molecule has 0 aromatic carbocycles. The van der Waals surface area contributed by atoms with E-state index in [4.69, 9.17) is 4.74 Å². The maximum Gasteiger partial charge on any atom is 0.255 e. The summed E-state index contributed by atoms with van der Waals surface area (Å²) in [7, 11) is 1.78. The minimum absolute atomic E-state index is 0.0427. The Morgan fingerprint density at radius 2 is 1.96 bits per heavy atom. The molecule has 0 aliphatic heterocycles. The van der Waals surface area contributed by atoms with Crippen molar-refractivity contribution in [2.45, 2.75) is 65.0 Å². The van der Waals surface area contributed by atoms with Gasteiger partial charge in [-0.15, -0.1) is 0 Å². The van der Waals surface area contributed by atoms with E-state index in [1.54, 1.807) is 7.11 Å². The predicted molar refractivity (Wildman–Crippen MR) is 99.0 cm³/mol. The first-order chi connectivity index (χ1) is 11.8. The van der Waals surface area contributed by atoms with E-state index in [-0.39, 0.29) is 11.4 Å². The number of amides is 1. The van der Waals surface area contributed by atoms with Crippen LogP contribution in [0.25, 0.3) is 5.65 Å². The zero-order valence-corrected chi connectivity index (χ0v) is 15.9. The fourth-order valence-corrected chi connectivity index (χ4v) is 4.05. The number of carbonyl (C=O) groups excluding carboxylic acids is 1. The second-order valence-corrected chi connectivity index (χ2v) is 7.85. The highest BCUT2D eigenvalue weighted by Crippen LogP contribution is 2.34. The Bertz CT molecular complexity index is 771. The highest BCUT2D eigenvalue weighted by atomic mass is 16.5. The smallest absolute Gasteiger partial charge is 0.255 e. The molecular weight excluding hydrogens is 314 g/mol. The van der Waals surface area contributed by atoms with Crippen LogP contribution in [0.1, 0.15) is 61.3 Å². The Morgan fingerprint density at radius 3 is 2.60 bits per heavy atom.